The van der Waals surface area contributed by atoms with Gasteiger partial charge in [0.1, 0.15) is 5.75 Å². The molecule has 26 heavy (non-hydrogen) atoms. The molecule has 2 aromatic rings. The Morgan fingerprint density at radius 2 is 1.77 bits per heavy atom. The Bertz CT molecular complexity index is 956. The molecule has 0 saturated carbocycles. The van der Waals surface area contributed by atoms with Crippen LogP contribution in [-0.4, -0.2) is 40.4 Å². The first-order chi connectivity index (χ1) is 12.1. The summed E-state index contributed by atoms with van der Waals surface area (Å²) in [7, 11) is 0.948. The number of sulfonamides is 1. The SMILES string of the molecule is COc1cc(C)c(S(=O)(=O)Nc2ccc(C(=O)N(C)C)c(Cl)c2)cc1C. The number of carbonyl (C=O) groups excluding carboxylic acids is 1. The number of hydrogen-bond acceptors (Lipinski definition) is 4. The molecule has 2 aromatic carbocycles. The summed E-state index contributed by atoms with van der Waals surface area (Å²) < 4.78 is 33.2. The van der Waals surface area contributed by atoms with Crippen molar-refractivity contribution in [1.29, 1.82) is 0 Å². The lowest BCUT2D eigenvalue weighted by Crippen LogP contribution is -2.22. The van der Waals surface area contributed by atoms with Gasteiger partial charge in [0.15, 0.2) is 0 Å². The van der Waals surface area contributed by atoms with Gasteiger partial charge in [-0.1, -0.05) is 11.6 Å². The van der Waals surface area contributed by atoms with Crippen molar-refractivity contribution in [3.05, 3.63) is 52.0 Å². The summed E-state index contributed by atoms with van der Waals surface area (Å²) in [6.07, 6.45) is 0. The van der Waals surface area contributed by atoms with E-state index in [4.69, 9.17) is 16.3 Å². The first-order valence-corrected chi connectivity index (χ1v) is 9.62. The second-order valence-corrected chi connectivity index (χ2v) is 8.15. The van der Waals surface area contributed by atoms with Crippen molar-refractivity contribution in [2.24, 2.45) is 0 Å². The highest BCUT2D eigenvalue weighted by molar-refractivity contribution is 7.92. The Morgan fingerprint density at radius 3 is 2.31 bits per heavy atom. The van der Waals surface area contributed by atoms with E-state index in [2.05, 4.69) is 4.72 Å². The highest BCUT2D eigenvalue weighted by atomic mass is 35.5. The molecule has 140 valence electrons. The Kier molecular flexibility index (Phi) is 5.83. The van der Waals surface area contributed by atoms with Crippen LogP contribution in [0.2, 0.25) is 5.02 Å². The van der Waals surface area contributed by atoms with E-state index in [0.717, 1.165) is 0 Å². The molecule has 0 saturated heterocycles. The molecule has 0 bridgehead atoms. The maximum absolute atomic E-state index is 12.7. The van der Waals surface area contributed by atoms with Crippen LogP contribution in [0.25, 0.3) is 0 Å². The molecule has 0 heterocycles. The Balaban J connectivity index is 2.37. The number of benzene rings is 2. The van der Waals surface area contributed by atoms with Crippen molar-refractivity contribution in [2.75, 3.05) is 25.9 Å². The first-order valence-electron chi connectivity index (χ1n) is 7.76. The number of methoxy groups -OCH3 is 1. The monoisotopic (exact) mass is 396 g/mol. The van der Waals surface area contributed by atoms with E-state index in [1.54, 1.807) is 40.1 Å². The summed E-state index contributed by atoms with van der Waals surface area (Å²) in [6, 6.07) is 7.65. The zero-order valence-electron chi connectivity index (χ0n) is 15.3. The molecule has 0 aliphatic heterocycles. The van der Waals surface area contributed by atoms with E-state index in [0.29, 0.717) is 22.4 Å². The van der Waals surface area contributed by atoms with Gasteiger partial charge in [-0.2, -0.15) is 0 Å². The third kappa shape index (κ3) is 4.11. The van der Waals surface area contributed by atoms with Crippen molar-refractivity contribution in [3.8, 4) is 5.75 Å². The van der Waals surface area contributed by atoms with Crippen LogP contribution in [0, 0.1) is 13.8 Å². The van der Waals surface area contributed by atoms with Gasteiger partial charge >= 0.3 is 0 Å². The van der Waals surface area contributed by atoms with E-state index in [1.807, 2.05) is 0 Å². The number of rotatable bonds is 5. The molecule has 0 spiro atoms. The molecule has 0 aromatic heterocycles. The van der Waals surface area contributed by atoms with Crippen LogP contribution in [0.15, 0.2) is 35.2 Å². The van der Waals surface area contributed by atoms with Gasteiger partial charge in [0.25, 0.3) is 15.9 Å². The largest absolute Gasteiger partial charge is 0.496 e. The summed E-state index contributed by atoms with van der Waals surface area (Å²) >= 11 is 6.14. The van der Waals surface area contributed by atoms with E-state index in [1.165, 1.54) is 30.2 Å². The normalized spacial score (nSPS) is 11.2. The fourth-order valence-electron chi connectivity index (χ4n) is 2.48. The standard InChI is InChI=1S/C18H21ClN2O4S/c1-11-9-17(12(2)8-16(11)25-5)26(23,24)20-13-6-7-14(15(19)10-13)18(22)21(3)4/h6-10,20H,1-5H3. The topological polar surface area (TPSA) is 75.7 Å². The second-order valence-electron chi connectivity index (χ2n) is 6.09. The molecular weight excluding hydrogens is 376 g/mol. The lowest BCUT2D eigenvalue weighted by molar-refractivity contribution is 0.0828. The van der Waals surface area contributed by atoms with Crippen LogP contribution in [-0.2, 0) is 10.0 Å². The molecule has 1 amide bonds. The summed E-state index contributed by atoms with van der Waals surface area (Å²) in [5.41, 5.74) is 1.85. The molecule has 0 unspecified atom stereocenters. The molecule has 2 rings (SSSR count). The summed E-state index contributed by atoms with van der Waals surface area (Å²) in [5, 5.41) is 0.173. The van der Waals surface area contributed by atoms with Gasteiger partial charge in [0, 0.05) is 14.1 Å². The Morgan fingerprint density at radius 1 is 1.12 bits per heavy atom. The number of ether oxygens (including phenoxy) is 1. The van der Waals surface area contributed by atoms with Crippen molar-refractivity contribution >= 4 is 33.2 Å². The molecule has 8 heteroatoms. The van der Waals surface area contributed by atoms with Crippen LogP contribution in [0.1, 0.15) is 21.5 Å². The quantitative estimate of drug-likeness (QED) is 0.839. The van der Waals surface area contributed by atoms with Crippen LogP contribution < -0.4 is 9.46 Å². The zero-order chi connectivity index (χ0) is 19.6. The number of amides is 1. The van der Waals surface area contributed by atoms with Gasteiger partial charge in [-0.3, -0.25) is 9.52 Å². The van der Waals surface area contributed by atoms with E-state index in [9.17, 15) is 13.2 Å². The number of nitrogens with one attached hydrogen (secondary N) is 1. The highest BCUT2D eigenvalue weighted by Crippen LogP contribution is 2.28. The van der Waals surface area contributed by atoms with E-state index in [-0.39, 0.29) is 21.5 Å². The van der Waals surface area contributed by atoms with Crippen molar-refractivity contribution < 1.29 is 17.9 Å². The molecule has 0 aliphatic carbocycles. The number of aryl methyl sites for hydroxylation is 2. The van der Waals surface area contributed by atoms with Crippen LogP contribution in [0.5, 0.6) is 5.75 Å². The van der Waals surface area contributed by atoms with E-state index < -0.39 is 10.0 Å². The average Bonchev–Trinajstić information content (AvgIpc) is 2.55. The molecule has 0 fully saturated rings. The van der Waals surface area contributed by atoms with Gasteiger partial charge in [-0.25, -0.2) is 8.42 Å². The van der Waals surface area contributed by atoms with Crippen molar-refractivity contribution in [3.63, 3.8) is 0 Å². The summed E-state index contributed by atoms with van der Waals surface area (Å²) in [4.78, 5) is 13.6. The lowest BCUT2D eigenvalue weighted by Gasteiger charge is -2.15. The number of halogens is 1. The van der Waals surface area contributed by atoms with Gasteiger partial charge < -0.3 is 9.64 Å². The highest BCUT2D eigenvalue weighted by Gasteiger charge is 2.20. The molecule has 0 aliphatic rings. The zero-order valence-corrected chi connectivity index (χ0v) is 16.8. The molecule has 6 nitrogen and oxygen atoms in total. The fraction of sp³-hybridized carbons (Fsp3) is 0.278. The number of hydrogen-bond donors (Lipinski definition) is 1. The summed E-state index contributed by atoms with van der Waals surface area (Å²) in [6.45, 7) is 3.47. The smallest absolute Gasteiger partial charge is 0.262 e. The van der Waals surface area contributed by atoms with Gasteiger partial charge in [0.2, 0.25) is 0 Å². The van der Waals surface area contributed by atoms with E-state index >= 15 is 0 Å². The first kappa shape index (κ1) is 20.1. The predicted molar refractivity (Wildman–Crippen MR) is 103 cm³/mol. The van der Waals surface area contributed by atoms with Crippen LogP contribution in [0.3, 0.4) is 0 Å². The minimum Gasteiger partial charge on any atom is -0.496 e. The Labute approximate surface area is 158 Å². The van der Waals surface area contributed by atoms with Gasteiger partial charge in [0.05, 0.1) is 28.3 Å². The fourth-order valence-corrected chi connectivity index (χ4v) is 4.10. The third-order valence-electron chi connectivity index (χ3n) is 3.84. The minimum absolute atomic E-state index is 0.153. The second kappa shape index (κ2) is 7.55. The maximum atomic E-state index is 12.7. The molecule has 0 atom stereocenters. The predicted octanol–water partition coefficient (Wildman–Crippen LogP) is 3.47. The minimum atomic E-state index is -3.82. The van der Waals surface area contributed by atoms with Gasteiger partial charge in [-0.05, 0) is 55.3 Å². The number of nitrogens with zero attached hydrogens (tertiary/aromatic N) is 1. The molecule has 1 N–H and O–H groups in total. The lowest BCUT2D eigenvalue weighted by atomic mass is 10.1. The Hall–Kier alpha value is -2.25. The average molecular weight is 397 g/mol. The third-order valence-corrected chi connectivity index (χ3v) is 5.68. The van der Waals surface area contributed by atoms with Gasteiger partial charge in [-0.15, -0.1) is 0 Å². The number of anilines is 1. The van der Waals surface area contributed by atoms with Crippen molar-refractivity contribution in [1.82, 2.24) is 4.90 Å². The van der Waals surface area contributed by atoms with Crippen molar-refractivity contribution in [2.45, 2.75) is 18.7 Å². The van der Waals surface area contributed by atoms with Crippen LogP contribution >= 0.6 is 11.6 Å². The molecule has 0 radical (unpaired) electrons. The maximum Gasteiger partial charge on any atom is 0.262 e. The number of carbonyl (C=O) groups is 1. The van der Waals surface area contributed by atoms with Crippen LogP contribution in [0.4, 0.5) is 5.69 Å². The molecular formula is C18H21ClN2O4S. The summed E-state index contributed by atoms with van der Waals surface area (Å²) in [5.74, 6) is 0.363.